The van der Waals surface area contributed by atoms with Crippen molar-refractivity contribution in [2.75, 3.05) is 0 Å². The summed E-state index contributed by atoms with van der Waals surface area (Å²) in [7, 11) is 0. The van der Waals surface area contributed by atoms with Gasteiger partial charge in [0.05, 0.1) is 0 Å². The maximum atomic E-state index is 11.5. The summed E-state index contributed by atoms with van der Waals surface area (Å²) in [5.74, 6) is 0.724. The van der Waals surface area contributed by atoms with Crippen LogP contribution in [0.3, 0.4) is 0 Å². The van der Waals surface area contributed by atoms with Gasteiger partial charge in [0.25, 0.3) is 0 Å². The van der Waals surface area contributed by atoms with Gasteiger partial charge in [0.2, 0.25) is 0 Å². The van der Waals surface area contributed by atoms with Crippen molar-refractivity contribution >= 4 is 5.97 Å². The lowest BCUT2D eigenvalue weighted by Gasteiger charge is -2.31. The van der Waals surface area contributed by atoms with E-state index in [1.165, 1.54) is 32.1 Å². The second kappa shape index (κ2) is 6.27. The molecule has 0 aromatic carbocycles. The third-order valence-corrected chi connectivity index (χ3v) is 3.35. The monoisotopic (exact) mass is 226 g/mol. The molecule has 1 aliphatic carbocycles. The van der Waals surface area contributed by atoms with Crippen LogP contribution >= 0.6 is 0 Å². The molecule has 1 fully saturated rings. The van der Waals surface area contributed by atoms with E-state index in [2.05, 4.69) is 13.8 Å². The van der Waals surface area contributed by atoms with Crippen LogP contribution in [-0.2, 0) is 9.53 Å². The molecule has 0 amide bonds. The minimum Gasteiger partial charge on any atom is -0.460 e. The number of rotatable bonds is 5. The first-order valence-corrected chi connectivity index (χ1v) is 6.75. The average Bonchev–Trinajstić information content (AvgIpc) is 2.17. The lowest BCUT2D eigenvalue weighted by Crippen LogP contribution is -2.31. The summed E-state index contributed by atoms with van der Waals surface area (Å²) < 4.78 is 5.54. The average molecular weight is 226 g/mol. The Hall–Kier alpha value is -0.530. The van der Waals surface area contributed by atoms with E-state index in [1.807, 2.05) is 6.92 Å². The third kappa shape index (κ3) is 5.00. The predicted molar refractivity (Wildman–Crippen MR) is 66.3 cm³/mol. The standard InChI is InChI=1S/C14H26O2/c1-4-8-13(15)16-14(2,3)11-12-9-6-5-7-10-12/h12H,4-11H2,1-3H3. The van der Waals surface area contributed by atoms with Gasteiger partial charge < -0.3 is 4.74 Å². The molecule has 2 heteroatoms. The van der Waals surface area contributed by atoms with Crippen LogP contribution in [0.5, 0.6) is 0 Å². The summed E-state index contributed by atoms with van der Waals surface area (Å²) in [4.78, 5) is 11.5. The van der Waals surface area contributed by atoms with Crippen molar-refractivity contribution in [2.45, 2.75) is 77.7 Å². The molecule has 0 unspecified atom stereocenters. The van der Waals surface area contributed by atoms with Gasteiger partial charge in [0, 0.05) is 6.42 Å². The zero-order valence-electron chi connectivity index (χ0n) is 11.1. The number of carbonyl (C=O) groups is 1. The van der Waals surface area contributed by atoms with Gasteiger partial charge >= 0.3 is 5.97 Å². The van der Waals surface area contributed by atoms with Gasteiger partial charge in [-0.1, -0.05) is 39.0 Å². The van der Waals surface area contributed by atoms with Crippen molar-refractivity contribution in [3.05, 3.63) is 0 Å². The van der Waals surface area contributed by atoms with Crippen LogP contribution in [0.4, 0.5) is 0 Å². The number of hydrogen-bond acceptors (Lipinski definition) is 2. The molecule has 0 atom stereocenters. The minimum atomic E-state index is -0.270. The lowest BCUT2D eigenvalue weighted by atomic mass is 9.82. The van der Waals surface area contributed by atoms with Crippen LogP contribution in [0, 0.1) is 5.92 Å². The van der Waals surface area contributed by atoms with Gasteiger partial charge in [-0.25, -0.2) is 0 Å². The topological polar surface area (TPSA) is 26.3 Å². The van der Waals surface area contributed by atoms with Crippen molar-refractivity contribution in [1.82, 2.24) is 0 Å². The molecule has 0 N–H and O–H groups in total. The molecule has 2 nitrogen and oxygen atoms in total. The lowest BCUT2D eigenvalue weighted by molar-refractivity contribution is -0.158. The summed E-state index contributed by atoms with van der Waals surface area (Å²) in [6.07, 6.45) is 9.16. The van der Waals surface area contributed by atoms with Crippen LogP contribution < -0.4 is 0 Å². The Kier molecular flexibility index (Phi) is 5.30. The number of carbonyl (C=O) groups excluding carboxylic acids is 1. The third-order valence-electron chi connectivity index (χ3n) is 3.35. The molecule has 0 aromatic rings. The fraction of sp³-hybridized carbons (Fsp3) is 0.929. The maximum Gasteiger partial charge on any atom is 0.306 e. The molecule has 0 aliphatic heterocycles. The molecular formula is C14H26O2. The van der Waals surface area contributed by atoms with Crippen molar-refractivity contribution in [3.8, 4) is 0 Å². The first-order chi connectivity index (χ1) is 7.53. The van der Waals surface area contributed by atoms with Crippen molar-refractivity contribution in [2.24, 2.45) is 5.92 Å². The fourth-order valence-corrected chi connectivity index (χ4v) is 2.69. The summed E-state index contributed by atoms with van der Waals surface area (Å²) in [6, 6.07) is 0. The van der Waals surface area contributed by atoms with E-state index in [-0.39, 0.29) is 11.6 Å². The highest BCUT2D eigenvalue weighted by molar-refractivity contribution is 5.69. The number of esters is 1. The Labute approximate surface area is 99.8 Å². The molecule has 16 heavy (non-hydrogen) atoms. The SMILES string of the molecule is CCCC(=O)OC(C)(C)CC1CCCCC1. The second-order valence-electron chi connectivity index (χ2n) is 5.69. The van der Waals surface area contributed by atoms with Crippen molar-refractivity contribution in [1.29, 1.82) is 0 Å². The molecule has 0 heterocycles. The zero-order valence-corrected chi connectivity index (χ0v) is 11.1. The van der Waals surface area contributed by atoms with Gasteiger partial charge in [-0.2, -0.15) is 0 Å². The Balaban J connectivity index is 2.34. The highest BCUT2D eigenvalue weighted by Crippen LogP contribution is 2.32. The Morgan fingerprint density at radius 3 is 2.44 bits per heavy atom. The van der Waals surface area contributed by atoms with Crippen molar-refractivity contribution < 1.29 is 9.53 Å². The van der Waals surface area contributed by atoms with Crippen LogP contribution in [-0.4, -0.2) is 11.6 Å². The molecule has 1 rings (SSSR count). The fourth-order valence-electron chi connectivity index (χ4n) is 2.69. The summed E-state index contributed by atoms with van der Waals surface area (Å²) in [6.45, 7) is 6.11. The summed E-state index contributed by atoms with van der Waals surface area (Å²) in [5, 5.41) is 0. The van der Waals surface area contributed by atoms with E-state index in [1.54, 1.807) is 0 Å². The number of ether oxygens (including phenoxy) is 1. The van der Waals surface area contributed by atoms with E-state index in [9.17, 15) is 4.79 Å². The van der Waals surface area contributed by atoms with Gasteiger partial charge in [0.15, 0.2) is 0 Å². The van der Waals surface area contributed by atoms with E-state index >= 15 is 0 Å². The normalized spacial score (nSPS) is 18.4. The molecule has 0 aromatic heterocycles. The highest BCUT2D eigenvalue weighted by Gasteiger charge is 2.27. The van der Waals surface area contributed by atoms with E-state index < -0.39 is 0 Å². The first kappa shape index (κ1) is 13.5. The van der Waals surface area contributed by atoms with Gasteiger partial charge in [0.1, 0.15) is 5.60 Å². The quantitative estimate of drug-likeness (QED) is 0.660. The molecule has 0 saturated heterocycles. The molecule has 0 bridgehead atoms. The summed E-state index contributed by atoms with van der Waals surface area (Å²) >= 11 is 0. The van der Waals surface area contributed by atoms with Gasteiger partial charge in [-0.15, -0.1) is 0 Å². The van der Waals surface area contributed by atoms with Crippen LogP contribution in [0.1, 0.15) is 72.1 Å². The molecule has 0 spiro atoms. The first-order valence-electron chi connectivity index (χ1n) is 6.75. The van der Waals surface area contributed by atoms with Gasteiger partial charge in [-0.05, 0) is 32.6 Å². The van der Waals surface area contributed by atoms with E-state index in [0.717, 1.165) is 18.8 Å². The molecule has 1 aliphatic rings. The summed E-state index contributed by atoms with van der Waals surface area (Å²) in [5.41, 5.74) is -0.270. The Morgan fingerprint density at radius 2 is 1.88 bits per heavy atom. The molecular weight excluding hydrogens is 200 g/mol. The van der Waals surface area contributed by atoms with Gasteiger partial charge in [-0.3, -0.25) is 4.79 Å². The molecule has 1 saturated carbocycles. The molecule has 94 valence electrons. The van der Waals surface area contributed by atoms with E-state index in [0.29, 0.717) is 6.42 Å². The minimum absolute atomic E-state index is 0.0386. The van der Waals surface area contributed by atoms with Crippen molar-refractivity contribution in [3.63, 3.8) is 0 Å². The van der Waals surface area contributed by atoms with E-state index in [4.69, 9.17) is 4.74 Å². The van der Waals surface area contributed by atoms with Crippen LogP contribution in [0.2, 0.25) is 0 Å². The highest BCUT2D eigenvalue weighted by atomic mass is 16.6. The largest absolute Gasteiger partial charge is 0.460 e. The number of hydrogen-bond donors (Lipinski definition) is 0. The Bertz CT molecular complexity index is 215. The smallest absolute Gasteiger partial charge is 0.306 e. The zero-order chi connectivity index (χ0) is 12.0. The second-order valence-corrected chi connectivity index (χ2v) is 5.69. The Morgan fingerprint density at radius 1 is 1.25 bits per heavy atom. The van der Waals surface area contributed by atoms with Crippen LogP contribution in [0.25, 0.3) is 0 Å². The van der Waals surface area contributed by atoms with Crippen LogP contribution in [0.15, 0.2) is 0 Å². The molecule has 0 radical (unpaired) electrons. The maximum absolute atomic E-state index is 11.5. The predicted octanol–water partition coefficient (Wildman–Crippen LogP) is 4.08.